The first-order valence-electron chi connectivity index (χ1n) is 12.9. The minimum Gasteiger partial charge on any atom is -0.363 e. The van der Waals surface area contributed by atoms with Crippen LogP contribution < -0.4 is 10.0 Å². The third-order valence-electron chi connectivity index (χ3n) is 6.43. The zero-order valence-electron chi connectivity index (χ0n) is 22.5. The molecule has 2 N–H and O–H groups in total. The van der Waals surface area contributed by atoms with E-state index in [9.17, 15) is 8.42 Å². The first kappa shape index (κ1) is 26.5. The van der Waals surface area contributed by atoms with E-state index in [1.54, 1.807) is 18.5 Å². The highest BCUT2D eigenvalue weighted by molar-refractivity contribution is 7.89. The van der Waals surface area contributed by atoms with Gasteiger partial charge in [0.15, 0.2) is 0 Å². The molecule has 2 aromatic heterocycles. The van der Waals surface area contributed by atoms with Crippen molar-refractivity contribution in [2.24, 2.45) is 0 Å². The van der Waals surface area contributed by atoms with Gasteiger partial charge in [0.1, 0.15) is 10.7 Å². The highest BCUT2D eigenvalue weighted by Gasteiger charge is 2.23. The second-order valence-electron chi connectivity index (χ2n) is 10.7. The van der Waals surface area contributed by atoms with Crippen LogP contribution in [0.5, 0.6) is 0 Å². The standard InChI is InChI=1S/C32H32N4O2S/c1-22(23-12-7-5-8-13-23)35-31-30-27(24-14-9-6-10-15-24)16-11-17-28(30)29(21-34-31)25-18-26(20-33-19-25)39(37,38)36-32(2,3)4/h5-22,36H,1-4H3,(H,34,35). The van der Waals surface area contributed by atoms with E-state index >= 15 is 0 Å². The predicted octanol–water partition coefficient (Wildman–Crippen LogP) is 7.21. The van der Waals surface area contributed by atoms with Crippen LogP contribution in [0.15, 0.2) is 108 Å². The van der Waals surface area contributed by atoms with Crippen molar-refractivity contribution in [1.29, 1.82) is 0 Å². The maximum Gasteiger partial charge on any atom is 0.242 e. The number of aromatic nitrogens is 2. The van der Waals surface area contributed by atoms with Gasteiger partial charge in [-0.05, 0) is 55.8 Å². The van der Waals surface area contributed by atoms with Crippen LogP contribution in [0.4, 0.5) is 5.82 Å². The average molecular weight is 537 g/mol. The van der Waals surface area contributed by atoms with Gasteiger partial charge in [-0.25, -0.2) is 18.1 Å². The Morgan fingerprint density at radius 2 is 1.46 bits per heavy atom. The number of fused-ring (bicyclic) bond motifs is 1. The molecule has 0 bridgehead atoms. The van der Waals surface area contributed by atoms with Crippen LogP contribution >= 0.6 is 0 Å². The fourth-order valence-corrected chi connectivity index (χ4v) is 6.10. The van der Waals surface area contributed by atoms with E-state index in [0.29, 0.717) is 5.56 Å². The van der Waals surface area contributed by atoms with Gasteiger partial charge in [0.2, 0.25) is 10.0 Å². The lowest BCUT2D eigenvalue weighted by Gasteiger charge is -2.21. The van der Waals surface area contributed by atoms with E-state index in [2.05, 4.69) is 52.3 Å². The third kappa shape index (κ3) is 5.85. The van der Waals surface area contributed by atoms with Crippen molar-refractivity contribution in [2.75, 3.05) is 5.32 Å². The van der Waals surface area contributed by atoms with Gasteiger partial charge < -0.3 is 5.32 Å². The summed E-state index contributed by atoms with van der Waals surface area (Å²) >= 11 is 0. The van der Waals surface area contributed by atoms with Crippen LogP contribution in [-0.2, 0) is 10.0 Å². The predicted molar refractivity (Wildman–Crippen MR) is 159 cm³/mol. The topological polar surface area (TPSA) is 84.0 Å². The van der Waals surface area contributed by atoms with Crippen molar-refractivity contribution >= 4 is 26.6 Å². The molecule has 0 amide bonds. The fourth-order valence-electron chi connectivity index (χ4n) is 4.70. The summed E-state index contributed by atoms with van der Waals surface area (Å²) in [6, 6.07) is 28.3. The molecule has 1 atom stereocenters. The van der Waals surface area contributed by atoms with Gasteiger partial charge in [0, 0.05) is 46.7 Å². The number of benzene rings is 3. The molecule has 39 heavy (non-hydrogen) atoms. The summed E-state index contributed by atoms with van der Waals surface area (Å²) in [5, 5.41) is 5.53. The molecule has 2 heterocycles. The number of hydrogen-bond acceptors (Lipinski definition) is 5. The quantitative estimate of drug-likeness (QED) is 0.230. The molecule has 0 aliphatic heterocycles. The molecule has 7 heteroatoms. The molecule has 0 aliphatic carbocycles. The molecule has 0 spiro atoms. The van der Waals surface area contributed by atoms with Crippen LogP contribution in [0.25, 0.3) is 33.0 Å². The largest absolute Gasteiger partial charge is 0.363 e. The van der Waals surface area contributed by atoms with Crippen LogP contribution in [-0.4, -0.2) is 23.9 Å². The molecule has 0 saturated carbocycles. The molecule has 1 unspecified atom stereocenters. The third-order valence-corrected chi connectivity index (χ3v) is 8.15. The van der Waals surface area contributed by atoms with Gasteiger partial charge in [-0.15, -0.1) is 0 Å². The number of sulfonamides is 1. The molecule has 5 aromatic rings. The van der Waals surface area contributed by atoms with Gasteiger partial charge in [-0.3, -0.25) is 4.98 Å². The van der Waals surface area contributed by atoms with Crippen LogP contribution in [0.1, 0.15) is 39.3 Å². The Morgan fingerprint density at radius 1 is 0.769 bits per heavy atom. The lowest BCUT2D eigenvalue weighted by molar-refractivity contribution is 0.491. The van der Waals surface area contributed by atoms with E-state index < -0.39 is 15.6 Å². The highest BCUT2D eigenvalue weighted by atomic mass is 32.2. The summed E-state index contributed by atoms with van der Waals surface area (Å²) in [6.07, 6.45) is 4.85. The van der Waals surface area contributed by atoms with Crippen molar-refractivity contribution in [2.45, 2.75) is 44.2 Å². The maximum atomic E-state index is 13.1. The van der Waals surface area contributed by atoms with Gasteiger partial charge in [0.25, 0.3) is 0 Å². The second kappa shape index (κ2) is 10.6. The first-order valence-corrected chi connectivity index (χ1v) is 14.4. The minimum absolute atomic E-state index is 0.0233. The summed E-state index contributed by atoms with van der Waals surface area (Å²) in [6.45, 7) is 7.55. The summed E-state index contributed by atoms with van der Waals surface area (Å²) in [5.74, 6) is 0.760. The lowest BCUT2D eigenvalue weighted by atomic mass is 9.94. The van der Waals surface area contributed by atoms with Crippen LogP contribution in [0.3, 0.4) is 0 Å². The first-order chi connectivity index (χ1) is 18.6. The molecule has 0 radical (unpaired) electrons. The fraction of sp³-hybridized carbons (Fsp3) is 0.188. The molecule has 3 aromatic carbocycles. The van der Waals surface area contributed by atoms with E-state index in [1.807, 2.05) is 69.3 Å². The second-order valence-corrected chi connectivity index (χ2v) is 12.3. The zero-order chi connectivity index (χ0) is 27.6. The Morgan fingerprint density at radius 3 is 2.15 bits per heavy atom. The monoisotopic (exact) mass is 536 g/mol. The molecule has 6 nitrogen and oxygen atoms in total. The average Bonchev–Trinajstić information content (AvgIpc) is 2.92. The Labute approximate surface area is 230 Å². The molecule has 0 fully saturated rings. The highest BCUT2D eigenvalue weighted by Crippen LogP contribution is 2.39. The van der Waals surface area contributed by atoms with E-state index in [-0.39, 0.29) is 10.9 Å². The van der Waals surface area contributed by atoms with Crippen molar-refractivity contribution in [3.05, 3.63) is 109 Å². The molecule has 5 rings (SSSR count). The van der Waals surface area contributed by atoms with E-state index in [1.165, 1.54) is 6.20 Å². The lowest BCUT2D eigenvalue weighted by Crippen LogP contribution is -2.40. The number of nitrogens with zero attached hydrogens (tertiary/aromatic N) is 2. The van der Waals surface area contributed by atoms with Gasteiger partial charge in [-0.1, -0.05) is 78.9 Å². The Bertz CT molecular complexity index is 1710. The Balaban J connectivity index is 1.68. The van der Waals surface area contributed by atoms with E-state index in [0.717, 1.165) is 38.8 Å². The van der Waals surface area contributed by atoms with Gasteiger partial charge >= 0.3 is 0 Å². The normalized spacial score (nSPS) is 12.8. The maximum absolute atomic E-state index is 13.1. The smallest absolute Gasteiger partial charge is 0.242 e. The van der Waals surface area contributed by atoms with Crippen LogP contribution in [0, 0.1) is 0 Å². The SMILES string of the molecule is CC(Nc1ncc(-c2cncc(S(=O)(=O)NC(C)(C)C)c2)c2cccc(-c3ccccc3)c12)c1ccccc1. The molecule has 0 saturated heterocycles. The minimum atomic E-state index is -3.75. The summed E-state index contributed by atoms with van der Waals surface area (Å²) in [7, 11) is -3.75. The Hall–Kier alpha value is -4.07. The van der Waals surface area contributed by atoms with Crippen molar-refractivity contribution in [3.8, 4) is 22.3 Å². The number of anilines is 1. The number of hydrogen-bond donors (Lipinski definition) is 2. The van der Waals surface area contributed by atoms with Gasteiger partial charge in [0.05, 0.1) is 0 Å². The van der Waals surface area contributed by atoms with Crippen molar-refractivity contribution in [3.63, 3.8) is 0 Å². The molecular weight excluding hydrogens is 504 g/mol. The number of pyridine rings is 2. The Kier molecular flexibility index (Phi) is 7.21. The van der Waals surface area contributed by atoms with Crippen molar-refractivity contribution < 1.29 is 8.42 Å². The van der Waals surface area contributed by atoms with Crippen LogP contribution in [0.2, 0.25) is 0 Å². The van der Waals surface area contributed by atoms with Crippen molar-refractivity contribution in [1.82, 2.24) is 14.7 Å². The molecule has 198 valence electrons. The number of nitrogens with one attached hydrogen (secondary N) is 2. The zero-order valence-corrected chi connectivity index (χ0v) is 23.3. The summed E-state index contributed by atoms with van der Waals surface area (Å²) in [4.78, 5) is 9.29. The molecular formula is C32H32N4O2S. The summed E-state index contributed by atoms with van der Waals surface area (Å²) < 4.78 is 28.8. The van der Waals surface area contributed by atoms with E-state index in [4.69, 9.17) is 4.98 Å². The number of rotatable bonds is 7. The van der Waals surface area contributed by atoms with Gasteiger partial charge in [-0.2, -0.15) is 0 Å². The summed E-state index contributed by atoms with van der Waals surface area (Å²) in [5.41, 5.74) is 4.13. The molecule has 0 aliphatic rings.